The van der Waals surface area contributed by atoms with Crippen LogP contribution < -0.4 is 16.2 Å². The van der Waals surface area contributed by atoms with Gasteiger partial charge in [0.25, 0.3) is 5.56 Å². The number of hydrogen-bond donors (Lipinski definition) is 2. The van der Waals surface area contributed by atoms with Crippen LogP contribution in [0.1, 0.15) is 23.3 Å². The third kappa shape index (κ3) is 3.72. The standard InChI is InChI=1S/C16H20N4O3S2/c1-17-11(21)7-18-12(22)8-24-16-19-14-13(15(23)20(16)2)9-5-3-4-6-10(9)25-14/h3-8H2,1-2H3,(H,17,21)(H,18,22). The lowest BCUT2D eigenvalue weighted by molar-refractivity contribution is -0.124. The summed E-state index contributed by atoms with van der Waals surface area (Å²) in [4.78, 5) is 42.4. The van der Waals surface area contributed by atoms with Crippen LogP contribution in [-0.2, 0) is 29.5 Å². The highest BCUT2D eigenvalue weighted by molar-refractivity contribution is 7.99. The molecule has 0 atom stereocenters. The lowest BCUT2D eigenvalue weighted by atomic mass is 9.97. The Kier molecular flexibility index (Phi) is 5.43. The average Bonchev–Trinajstić information content (AvgIpc) is 2.99. The van der Waals surface area contributed by atoms with Gasteiger partial charge < -0.3 is 10.6 Å². The van der Waals surface area contributed by atoms with E-state index in [0.717, 1.165) is 35.9 Å². The third-order valence-electron chi connectivity index (χ3n) is 4.21. The summed E-state index contributed by atoms with van der Waals surface area (Å²) in [6, 6.07) is 0. The lowest BCUT2D eigenvalue weighted by Gasteiger charge is -2.10. The van der Waals surface area contributed by atoms with E-state index in [4.69, 9.17) is 0 Å². The van der Waals surface area contributed by atoms with Gasteiger partial charge in [0.05, 0.1) is 17.7 Å². The van der Waals surface area contributed by atoms with Crippen molar-refractivity contribution in [2.75, 3.05) is 19.3 Å². The molecule has 7 nitrogen and oxygen atoms in total. The van der Waals surface area contributed by atoms with Crippen LogP contribution in [0.3, 0.4) is 0 Å². The molecule has 3 rings (SSSR count). The second kappa shape index (κ2) is 7.57. The summed E-state index contributed by atoms with van der Waals surface area (Å²) in [5, 5.41) is 6.23. The Labute approximate surface area is 153 Å². The minimum absolute atomic E-state index is 0.0438. The van der Waals surface area contributed by atoms with Crippen LogP contribution in [0.2, 0.25) is 0 Å². The highest BCUT2D eigenvalue weighted by atomic mass is 32.2. The van der Waals surface area contributed by atoms with E-state index in [0.29, 0.717) is 5.16 Å². The molecule has 2 aromatic rings. The first-order chi connectivity index (χ1) is 12.0. The summed E-state index contributed by atoms with van der Waals surface area (Å²) in [5.41, 5.74) is 1.12. The zero-order valence-corrected chi connectivity index (χ0v) is 15.8. The maximum Gasteiger partial charge on any atom is 0.262 e. The number of aromatic nitrogens is 2. The van der Waals surface area contributed by atoms with Crippen molar-refractivity contribution >= 4 is 45.1 Å². The van der Waals surface area contributed by atoms with Crippen molar-refractivity contribution in [3.05, 3.63) is 20.8 Å². The fourth-order valence-corrected chi connectivity index (χ4v) is 4.95. The Bertz CT molecular complexity index is 888. The quantitative estimate of drug-likeness (QED) is 0.592. The second-order valence-corrected chi connectivity index (χ2v) is 7.91. The number of carbonyl (C=O) groups excluding carboxylic acids is 2. The number of carbonyl (C=O) groups is 2. The summed E-state index contributed by atoms with van der Waals surface area (Å²) in [5.74, 6) is -0.420. The largest absolute Gasteiger partial charge is 0.358 e. The zero-order chi connectivity index (χ0) is 18.0. The first-order valence-corrected chi connectivity index (χ1v) is 9.92. The van der Waals surface area contributed by atoms with Crippen LogP contribution in [0.4, 0.5) is 0 Å². The molecule has 25 heavy (non-hydrogen) atoms. The van der Waals surface area contributed by atoms with Gasteiger partial charge in [0.2, 0.25) is 11.8 Å². The number of likely N-dealkylation sites (N-methyl/N-ethyl adjacent to an activating group) is 1. The molecule has 0 bridgehead atoms. The topological polar surface area (TPSA) is 93.1 Å². The van der Waals surface area contributed by atoms with E-state index < -0.39 is 0 Å². The van der Waals surface area contributed by atoms with Crippen LogP contribution >= 0.6 is 23.1 Å². The molecule has 0 saturated carbocycles. The Hall–Kier alpha value is -1.87. The number of thiophene rings is 1. The van der Waals surface area contributed by atoms with E-state index in [1.54, 1.807) is 18.4 Å². The van der Waals surface area contributed by atoms with Crippen molar-refractivity contribution in [2.45, 2.75) is 30.8 Å². The number of thioether (sulfide) groups is 1. The Morgan fingerprint density at radius 3 is 2.80 bits per heavy atom. The molecule has 0 aliphatic heterocycles. The molecule has 0 spiro atoms. The number of hydrogen-bond acceptors (Lipinski definition) is 6. The lowest BCUT2D eigenvalue weighted by Crippen LogP contribution is -2.36. The summed E-state index contributed by atoms with van der Waals surface area (Å²) >= 11 is 2.80. The Morgan fingerprint density at radius 1 is 1.28 bits per heavy atom. The molecule has 9 heteroatoms. The summed E-state index contributed by atoms with van der Waals surface area (Å²) < 4.78 is 1.51. The second-order valence-electron chi connectivity index (χ2n) is 5.89. The minimum atomic E-state index is -0.270. The van der Waals surface area contributed by atoms with Gasteiger partial charge in [-0.2, -0.15) is 0 Å². The van der Waals surface area contributed by atoms with Gasteiger partial charge >= 0.3 is 0 Å². The van der Waals surface area contributed by atoms with E-state index >= 15 is 0 Å². The molecule has 0 fully saturated rings. The van der Waals surface area contributed by atoms with Gasteiger partial charge in [-0.3, -0.25) is 19.0 Å². The van der Waals surface area contributed by atoms with E-state index in [-0.39, 0.29) is 29.7 Å². The molecular formula is C16H20N4O3S2. The number of aryl methyl sites for hydroxylation is 2. The molecule has 2 amide bonds. The van der Waals surface area contributed by atoms with E-state index in [2.05, 4.69) is 15.6 Å². The van der Waals surface area contributed by atoms with Crippen LogP contribution in [-0.4, -0.2) is 40.7 Å². The smallest absolute Gasteiger partial charge is 0.262 e. The van der Waals surface area contributed by atoms with Crippen molar-refractivity contribution < 1.29 is 9.59 Å². The van der Waals surface area contributed by atoms with Crippen molar-refractivity contribution in [3.8, 4) is 0 Å². The van der Waals surface area contributed by atoms with Gasteiger partial charge in [-0.05, 0) is 31.2 Å². The van der Waals surface area contributed by atoms with Crippen LogP contribution in [0.5, 0.6) is 0 Å². The normalized spacial score (nSPS) is 13.5. The van der Waals surface area contributed by atoms with Gasteiger partial charge in [0, 0.05) is 19.0 Å². The maximum absolute atomic E-state index is 12.7. The van der Waals surface area contributed by atoms with E-state index in [9.17, 15) is 14.4 Å². The summed E-state index contributed by atoms with van der Waals surface area (Å²) in [6.07, 6.45) is 4.24. The number of nitrogens with zero attached hydrogens (tertiary/aromatic N) is 2. The van der Waals surface area contributed by atoms with Crippen LogP contribution in [0.15, 0.2) is 9.95 Å². The molecule has 0 radical (unpaired) electrons. The number of nitrogens with one attached hydrogen (secondary N) is 2. The summed E-state index contributed by atoms with van der Waals surface area (Å²) in [6.45, 7) is -0.0566. The predicted octanol–water partition coefficient (Wildman–Crippen LogP) is 0.828. The van der Waals surface area contributed by atoms with Gasteiger partial charge in [0.1, 0.15) is 4.83 Å². The SMILES string of the molecule is CNC(=O)CNC(=O)CSc1nc2sc3c(c2c(=O)n1C)CCCC3. The molecule has 0 aromatic carbocycles. The monoisotopic (exact) mass is 380 g/mol. The minimum Gasteiger partial charge on any atom is -0.358 e. The average molecular weight is 380 g/mol. The van der Waals surface area contributed by atoms with E-state index in [1.165, 1.54) is 33.8 Å². The Balaban J connectivity index is 1.78. The van der Waals surface area contributed by atoms with Crippen molar-refractivity contribution in [1.82, 2.24) is 20.2 Å². The van der Waals surface area contributed by atoms with Gasteiger partial charge in [-0.15, -0.1) is 11.3 Å². The van der Waals surface area contributed by atoms with Crippen LogP contribution in [0, 0.1) is 0 Å². The fraction of sp³-hybridized carbons (Fsp3) is 0.500. The fourth-order valence-electron chi connectivity index (χ4n) is 2.84. The summed E-state index contributed by atoms with van der Waals surface area (Å²) in [7, 11) is 3.20. The predicted molar refractivity (Wildman–Crippen MR) is 99.3 cm³/mol. The molecule has 2 N–H and O–H groups in total. The number of fused-ring (bicyclic) bond motifs is 3. The highest BCUT2D eigenvalue weighted by Crippen LogP contribution is 2.34. The molecule has 2 aromatic heterocycles. The zero-order valence-electron chi connectivity index (χ0n) is 14.2. The molecule has 1 aliphatic carbocycles. The molecular weight excluding hydrogens is 360 g/mol. The van der Waals surface area contributed by atoms with Crippen molar-refractivity contribution in [2.24, 2.45) is 7.05 Å². The molecule has 0 saturated heterocycles. The molecule has 1 aliphatic rings. The first kappa shape index (κ1) is 17.9. The maximum atomic E-state index is 12.7. The number of rotatable bonds is 5. The first-order valence-electron chi connectivity index (χ1n) is 8.12. The van der Waals surface area contributed by atoms with Crippen molar-refractivity contribution in [3.63, 3.8) is 0 Å². The highest BCUT2D eigenvalue weighted by Gasteiger charge is 2.21. The van der Waals surface area contributed by atoms with Gasteiger partial charge in [-0.25, -0.2) is 4.98 Å². The van der Waals surface area contributed by atoms with Crippen molar-refractivity contribution in [1.29, 1.82) is 0 Å². The van der Waals surface area contributed by atoms with E-state index in [1.807, 2.05) is 0 Å². The number of amides is 2. The molecule has 134 valence electrons. The third-order valence-corrected chi connectivity index (χ3v) is 6.43. The van der Waals surface area contributed by atoms with Gasteiger partial charge in [-0.1, -0.05) is 11.8 Å². The Morgan fingerprint density at radius 2 is 2.04 bits per heavy atom. The molecule has 0 unspecified atom stereocenters. The molecule has 2 heterocycles. The van der Waals surface area contributed by atoms with Crippen LogP contribution in [0.25, 0.3) is 10.2 Å². The van der Waals surface area contributed by atoms with Gasteiger partial charge in [0.15, 0.2) is 5.16 Å².